The van der Waals surface area contributed by atoms with E-state index < -0.39 is 5.97 Å². The Morgan fingerprint density at radius 3 is 2.32 bits per heavy atom. The van der Waals surface area contributed by atoms with Gasteiger partial charge < -0.3 is 18.9 Å². The highest BCUT2D eigenvalue weighted by atomic mass is 35.5. The predicted octanol–water partition coefficient (Wildman–Crippen LogP) is 6.02. The van der Waals surface area contributed by atoms with Crippen LogP contribution in [0.5, 0.6) is 17.2 Å². The van der Waals surface area contributed by atoms with E-state index in [4.69, 9.17) is 30.5 Å². The van der Waals surface area contributed by atoms with Gasteiger partial charge in [0, 0.05) is 33.3 Å². The Kier molecular flexibility index (Phi) is 7.55. The number of thiophene rings is 1. The van der Waals surface area contributed by atoms with Crippen molar-refractivity contribution >= 4 is 40.1 Å². The van der Waals surface area contributed by atoms with Gasteiger partial charge in [0.1, 0.15) is 10.6 Å². The summed E-state index contributed by atoms with van der Waals surface area (Å²) in [4.78, 5) is 17.3. The lowest BCUT2D eigenvalue weighted by Crippen LogP contribution is -2.05. The van der Waals surface area contributed by atoms with Crippen molar-refractivity contribution in [3.8, 4) is 28.4 Å². The molecule has 31 heavy (non-hydrogen) atoms. The van der Waals surface area contributed by atoms with Gasteiger partial charge >= 0.3 is 5.97 Å². The van der Waals surface area contributed by atoms with E-state index in [0.717, 1.165) is 11.1 Å². The lowest BCUT2D eigenvalue weighted by Gasteiger charge is -2.12. The molecule has 0 N–H and O–H groups in total. The van der Waals surface area contributed by atoms with Crippen molar-refractivity contribution in [2.45, 2.75) is 6.92 Å². The van der Waals surface area contributed by atoms with Crippen LogP contribution in [0, 0.1) is 0 Å². The predicted molar refractivity (Wildman–Crippen MR) is 124 cm³/mol. The van der Waals surface area contributed by atoms with Gasteiger partial charge in [-0.1, -0.05) is 29.8 Å². The molecule has 1 heterocycles. The second kappa shape index (κ2) is 10.3. The third kappa shape index (κ3) is 4.84. The molecule has 0 amide bonds. The molecule has 0 atom stereocenters. The molecule has 0 aliphatic carbocycles. The molecule has 3 aromatic rings. The Morgan fingerprint density at radius 2 is 1.74 bits per heavy atom. The average Bonchev–Trinajstić information content (AvgIpc) is 3.21. The SMILES string of the molecule is CCOC(=O)c1c(-c2ccccc2Cl)csc1N=Cc1cc(OC)c(OC)c(OC)c1. The highest BCUT2D eigenvalue weighted by Crippen LogP contribution is 2.41. The number of rotatable bonds is 8. The number of methoxy groups -OCH3 is 3. The standard InChI is InChI=1S/C23H22ClNO5S/c1-5-30-23(26)20-16(15-8-6-7-9-17(15)24)13-31-22(20)25-12-14-10-18(27-2)21(29-4)19(11-14)28-3/h6-13H,5H2,1-4H3. The van der Waals surface area contributed by atoms with Gasteiger partial charge in [0.2, 0.25) is 5.75 Å². The number of ether oxygens (including phenoxy) is 4. The molecule has 2 aromatic carbocycles. The maximum absolute atomic E-state index is 12.7. The fourth-order valence-corrected chi connectivity index (χ4v) is 4.17. The first kappa shape index (κ1) is 22.7. The Bertz CT molecular complexity index is 1080. The Labute approximate surface area is 190 Å². The molecular formula is C23H22ClNO5S. The van der Waals surface area contributed by atoms with Gasteiger partial charge in [-0.05, 0) is 25.1 Å². The van der Waals surface area contributed by atoms with E-state index in [0.29, 0.717) is 38.4 Å². The third-order valence-corrected chi connectivity index (χ3v) is 5.65. The molecule has 162 valence electrons. The Balaban J connectivity index is 2.07. The topological polar surface area (TPSA) is 66.4 Å². The van der Waals surface area contributed by atoms with E-state index in [2.05, 4.69) is 4.99 Å². The number of hydrogen-bond donors (Lipinski definition) is 0. The molecule has 0 aliphatic heterocycles. The lowest BCUT2D eigenvalue weighted by atomic mass is 10.0. The zero-order chi connectivity index (χ0) is 22.4. The highest BCUT2D eigenvalue weighted by molar-refractivity contribution is 7.14. The van der Waals surface area contributed by atoms with E-state index in [-0.39, 0.29) is 6.61 Å². The van der Waals surface area contributed by atoms with Gasteiger partial charge in [0.15, 0.2) is 11.5 Å². The van der Waals surface area contributed by atoms with E-state index in [1.165, 1.54) is 11.3 Å². The summed E-state index contributed by atoms with van der Waals surface area (Å²) in [5, 5.41) is 2.92. The number of aliphatic imine (C=N–C) groups is 1. The molecule has 0 saturated heterocycles. The number of benzene rings is 2. The zero-order valence-corrected chi connectivity index (χ0v) is 19.2. The summed E-state index contributed by atoms with van der Waals surface area (Å²) < 4.78 is 21.4. The maximum atomic E-state index is 12.7. The fourth-order valence-electron chi connectivity index (χ4n) is 3.03. The number of carbonyl (C=O) groups excluding carboxylic acids is 1. The van der Waals surface area contributed by atoms with Crippen LogP contribution in [0.25, 0.3) is 11.1 Å². The molecule has 0 fully saturated rings. The van der Waals surface area contributed by atoms with Crippen LogP contribution in [-0.2, 0) is 4.74 Å². The molecule has 0 saturated carbocycles. The minimum atomic E-state index is -0.448. The minimum absolute atomic E-state index is 0.257. The van der Waals surface area contributed by atoms with Crippen molar-refractivity contribution in [2.24, 2.45) is 4.99 Å². The van der Waals surface area contributed by atoms with Crippen LogP contribution in [0.2, 0.25) is 5.02 Å². The zero-order valence-electron chi connectivity index (χ0n) is 17.6. The fraction of sp³-hybridized carbons (Fsp3) is 0.217. The van der Waals surface area contributed by atoms with Crippen LogP contribution < -0.4 is 14.2 Å². The van der Waals surface area contributed by atoms with Gasteiger partial charge in [0.05, 0.1) is 27.9 Å². The number of halogens is 1. The number of esters is 1. The van der Waals surface area contributed by atoms with E-state index in [1.54, 1.807) is 52.7 Å². The molecule has 6 nitrogen and oxygen atoms in total. The first-order chi connectivity index (χ1) is 15.0. The molecule has 0 bridgehead atoms. The van der Waals surface area contributed by atoms with Gasteiger partial charge in [-0.2, -0.15) is 0 Å². The Hall–Kier alpha value is -3.03. The molecule has 3 rings (SSSR count). The van der Waals surface area contributed by atoms with Crippen LogP contribution in [0.4, 0.5) is 5.00 Å². The van der Waals surface area contributed by atoms with Gasteiger partial charge in [-0.15, -0.1) is 11.3 Å². The summed E-state index contributed by atoms with van der Waals surface area (Å²) in [7, 11) is 4.64. The molecule has 0 radical (unpaired) electrons. The summed E-state index contributed by atoms with van der Waals surface area (Å²) in [5.41, 5.74) is 2.53. The summed E-state index contributed by atoms with van der Waals surface area (Å²) in [5.74, 6) is 1.07. The molecule has 0 spiro atoms. The van der Waals surface area contributed by atoms with Crippen LogP contribution in [0.3, 0.4) is 0 Å². The maximum Gasteiger partial charge on any atom is 0.341 e. The second-order valence-corrected chi connectivity index (χ2v) is 7.51. The summed E-state index contributed by atoms with van der Waals surface area (Å²) in [6.07, 6.45) is 1.63. The van der Waals surface area contributed by atoms with E-state index in [9.17, 15) is 4.79 Å². The molecule has 8 heteroatoms. The van der Waals surface area contributed by atoms with Crippen LogP contribution in [0.1, 0.15) is 22.8 Å². The van der Waals surface area contributed by atoms with Crippen molar-refractivity contribution in [1.82, 2.24) is 0 Å². The first-order valence-corrected chi connectivity index (χ1v) is 10.7. The molecular weight excluding hydrogens is 438 g/mol. The molecule has 1 aromatic heterocycles. The summed E-state index contributed by atoms with van der Waals surface area (Å²) in [6, 6.07) is 10.9. The van der Waals surface area contributed by atoms with Gasteiger partial charge in [-0.3, -0.25) is 0 Å². The van der Waals surface area contributed by atoms with Crippen LogP contribution >= 0.6 is 22.9 Å². The second-order valence-electron chi connectivity index (χ2n) is 6.25. The van der Waals surface area contributed by atoms with Crippen LogP contribution in [-0.4, -0.2) is 40.1 Å². The Morgan fingerprint density at radius 1 is 1.06 bits per heavy atom. The number of nitrogens with zero attached hydrogens (tertiary/aromatic N) is 1. The van der Waals surface area contributed by atoms with Gasteiger partial charge in [0.25, 0.3) is 0 Å². The quantitative estimate of drug-likeness (QED) is 0.304. The normalized spacial score (nSPS) is 10.9. The van der Waals surface area contributed by atoms with Crippen molar-refractivity contribution < 1.29 is 23.7 Å². The lowest BCUT2D eigenvalue weighted by molar-refractivity contribution is 0.0529. The highest BCUT2D eigenvalue weighted by Gasteiger charge is 2.22. The first-order valence-electron chi connectivity index (χ1n) is 9.41. The smallest absolute Gasteiger partial charge is 0.341 e. The van der Waals surface area contributed by atoms with Gasteiger partial charge in [-0.25, -0.2) is 9.79 Å². The van der Waals surface area contributed by atoms with Crippen molar-refractivity contribution in [3.63, 3.8) is 0 Å². The van der Waals surface area contributed by atoms with Crippen molar-refractivity contribution in [2.75, 3.05) is 27.9 Å². The van der Waals surface area contributed by atoms with Crippen molar-refractivity contribution in [1.29, 1.82) is 0 Å². The summed E-state index contributed by atoms with van der Waals surface area (Å²) >= 11 is 7.70. The largest absolute Gasteiger partial charge is 0.493 e. The molecule has 0 unspecified atom stereocenters. The third-order valence-electron chi connectivity index (χ3n) is 4.43. The number of carbonyl (C=O) groups is 1. The molecule has 0 aliphatic rings. The van der Waals surface area contributed by atoms with E-state index in [1.807, 2.05) is 23.6 Å². The van der Waals surface area contributed by atoms with Crippen molar-refractivity contribution in [3.05, 3.63) is 57.9 Å². The van der Waals surface area contributed by atoms with E-state index >= 15 is 0 Å². The minimum Gasteiger partial charge on any atom is -0.493 e. The average molecular weight is 460 g/mol. The van der Waals surface area contributed by atoms with Crippen LogP contribution in [0.15, 0.2) is 46.8 Å². The summed E-state index contributed by atoms with van der Waals surface area (Å²) in [6.45, 7) is 2.02. The monoisotopic (exact) mass is 459 g/mol. The number of hydrogen-bond acceptors (Lipinski definition) is 7.